The molecule has 1 rings (SSSR count). The average Bonchev–Trinajstić information content (AvgIpc) is 2.38. The molecular weight excluding hydrogens is 310 g/mol. The number of hydrogen-bond donors (Lipinski definition) is 2. The summed E-state index contributed by atoms with van der Waals surface area (Å²) in [6.45, 7) is -2.95. The number of thioether (sulfide) groups is 1. The van der Waals surface area contributed by atoms with Gasteiger partial charge in [0.15, 0.2) is 0 Å². The Balaban J connectivity index is 2.64. The second kappa shape index (κ2) is 8.28. The number of anilines is 1. The zero-order chi connectivity index (χ0) is 15.1. The van der Waals surface area contributed by atoms with Crippen LogP contribution in [0.4, 0.5) is 14.5 Å². The predicted molar refractivity (Wildman–Crippen MR) is 77.7 cm³/mol. The van der Waals surface area contributed by atoms with Crippen LogP contribution in [0.5, 0.6) is 5.75 Å². The quantitative estimate of drug-likeness (QED) is 0.809. The molecule has 0 heterocycles. The Bertz CT molecular complexity index is 463. The lowest BCUT2D eigenvalue weighted by Crippen LogP contribution is -2.36. The fraction of sp³-hybridized carbons (Fsp3) is 0.417. The zero-order valence-electron chi connectivity index (χ0n) is 10.7. The highest BCUT2D eigenvalue weighted by Gasteiger charge is 2.14. The second-order valence-corrected chi connectivity index (χ2v) is 5.29. The number of halogens is 3. The average molecular weight is 325 g/mol. The molecule has 112 valence electrons. The molecule has 3 N–H and O–H groups in total. The van der Waals surface area contributed by atoms with Crippen LogP contribution in [0, 0.1) is 0 Å². The molecule has 0 saturated carbocycles. The number of benzene rings is 1. The van der Waals surface area contributed by atoms with Gasteiger partial charge in [-0.2, -0.15) is 20.5 Å². The number of nitrogens with two attached hydrogens (primary N) is 1. The Morgan fingerprint density at radius 2 is 2.25 bits per heavy atom. The summed E-state index contributed by atoms with van der Waals surface area (Å²) in [6, 6.07) is 3.39. The fourth-order valence-electron chi connectivity index (χ4n) is 1.38. The summed E-state index contributed by atoms with van der Waals surface area (Å²) in [4.78, 5) is 11.8. The third-order valence-electron chi connectivity index (χ3n) is 2.39. The minimum Gasteiger partial charge on any atom is -0.433 e. The molecule has 0 radical (unpaired) electrons. The minimum atomic E-state index is -2.95. The van der Waals surface area contributed by atoms with Crippen molar-refractivity contribution in [2.24, 2.45) is 5.73 Å². The summed E-state index contributed by atoms with van der Waals surface area (Å²) in [5, 5.41) is 2.56. The molecule has 0 aliphatic heterocycles. The number of carbonyl (C=O) groups excluding carboxylic acids is 1. The molecule has 0 spiro atoms. The normalized spacial score (nSPS) is 12.3. The van der Waals surface area contributed by atoms with E-state index < -0.39 is 12.7 Å². The van der Waals surface area contributed by atoms with Gasteiger partial charge in [0.25, 0.3) is 0 Å². The van der Waals surface area contributed by atoms with Gasteiger partial charge in [0.1, 0.15) is 5.75 Å². The maximum Gasteiger partial charge on any atom is 0.387 e. The Hall–Kier alpha value is -1.05. The van der Waals surface area contributed by atoms with Gasteiger partial charge < -0.3 is 15.8 Å². The van der Waals surface area contributed by atoms with Crippen LogP contribution < -0.4 is 15.8 Å². The van der Waals surface area contributed by atoms with Crippen molar-refractivity contribution >= 4 is 35.0 Å². The van der Waals surface area contributed by atoms with Crippen molar-refractivity contribution in [1.82, 2.24) is 0 Å². The van der Waals surface area contributed by atoms with Crippen LogP contribution in [0.15, 0.2) is 18.2 Å². The largest absolute Gasteiger partial charge is 0.433 e. The van der Waals surface area contributed by atoms with E-state index in [1.54, 1.807) is 11.8 Å². The second-order valence-electron chi connectivity index (χ2n) is 3.90. The van der Waals surface area contributed by atoms with Crippen LogP contribution >= 0.6 is 23.4 Å². The molecule has 20 heavy (non-hydrogen) atoms. The third kappa shape index (κ3) is 5.52. The lowest BCUT2D eigenvalue weighted by Gasteiger charge is -2.13. The van der Waals surface area contributed by atoms with Crippen molar-refractivity contribution in [2.75, 3.05) is 17.3 Å². The Labute approximate surface area is 125 Å². The van der Waals surface area contributed by atoms with Crippen molar-refractivity contribution in [3.63, 3.8) is 0 Å². The highest BCUT2D eigenvalue weighted by molar-refractivity contribution is 7.98. The van der Waals surface area contributed by atoms with E-state index in [-0.39, 0.29) is 16.7 Å². The first-order valence-corrected chi connectivity index (χ1v) is 7.51. The summed E-state index contributed by atoms with van der Waals surface area (Å²) >= 11 is 7.37. The zero-order valence-corrected chi connectivity index (χ0v) is 12.3. The molecule has 0 aliphatic rings. The van der Waals surface area contributed by atoms with Crippen LogP contribution in [0.1, 0.15) is 6.42 Å². The van der Waals surface area contributed by atoms with Crippen molar-refractivity contribution in [2.45, 2.75) is 19.1 Å². The lowest BCUT2D eigenvalue weighted by molar-refractivity contribution is -0.117. The standard InChI is InChI=1S/C12H15ClF2N2O2S/c1-20-5-4-9(16)11(18)17-7-2-3-10(8(13)6-7)19-12(14)15/h2-3,6,9,12H,4-5,16H2,1H3,(H,17,18)/t9-/m1/s1. The van der Waals surface area contributed by atoms with Crippen LogP contribution in [0.2, 0.25) is 5.02 Å². The fourth-order valence-corrected chi connectivity index (χ4v) is 2.10. The maximum absolute atomic E-state index is 12.1. The van der Waals surface area contributed by atoms with E-state index in [2.05, 4.69) is 10.1 Å². The number of carbonyl (C=O) groups is 1. The number of ether oxygens (including phenoxy) is 1. The van der Waals surface area contributed by atoms with E-state index in [1.807, 2.05) is 6.26 Å². The van der Waals surface area contributed by atoms with Crippen molar-refractivity contribution in [3.05, 3.63) is 23.2 Å². The Kier molecular flexibility index (Phi) is 7.04. The first kappa shape index (κ1) is 17.0. The van der Waals surface area contributed by atoms with Gasteiger partial charge >= 0.3 is 6.61 Å². The maximum atomic E-state index is 12.1. The molecule has 1 atom stereocenters. The monoisotopic (exact) mass is 324 g/mol. The van der Waals surface area contributed by atoms with E-state index >= 15 is 0 Å². The van der Waals surface area contributed by atoms with E-state index in [0.29, 0.717) is 12.1 Å². The number of nitrogens with one attached hydrogen (secondary N) is 1. The van der Waals surface area contributed by atoms with Crippen molar-refractivity contribution < 1.29 is 18.3 Å². The van der Waals surface area contributed by atoms with Gasteiger partial charge in [0.05, 0.1) is 11.1 Å². The smallest absolute Gasteiger partial charge is 0.387 e. The molecule has 0 saturated heterocycles. The summed E-state index contributed by atoms with van der Waals surface area (Å²) < 4.78 is 28.3. The van der Waals surface area contributed by atoms with E-state index in [9.17, 15) is 13.6 Å². The van der Waals surface area contributed by atoms with Gasteiger partial charge in [0.2, 0.25) is 5.91 Å². The summed E-state index contributed by atoms with van der Waals surface area (Å²) in [7, 11) is 0. The van der Waals surface area contributed by atoms with E-state index in [0.717, 1.165) is 5.75 Å². The molecule has 0 unspecified atom stereocenters. The molecule has 0 fully saturated rings. The summed E-state index contributed by atoms with van der Waals surface area (Å²) in [5.41, 5.74) is 6.08. The third-order valence-corrected chi connectivity index (χ3v) is 3.32. The van der Waals surface area contributed by atoms with Crippen molar-refractivity contribution in [3.8, 4) is 5.75 Å². The van der Waals surface area contributed by atoms with Gasteiger partial charge in [-0.15, -0.1) is 0 Å². The molecule has 0 aliphatic carbocycles. The highest BCUT2D eigenvalue weighted by Crippen LogP contribution is 2.28. The number of alkyl halides is 2. The van der Waals surface area contributed by atoms with Crippen LogP contribution in [-0.4, -0.2) is 30.6 Å². The number of amides is 1. The van der Waals surface area contributed by atoms with Gasteiger partial charge in [0, 0.05) is 5.69 Å². The van der Waals surface area contributed by atoms with E-state index in [1.165, 1.54) is 18.2 Å². The van der Waals surface area contributed by atoms with Crippen LogP contribution in [0.25, 0.3) is 0 Å². The first-order valence-electron chi connectivity index (χ1n) is 5.73. The summed E-state index contributed by atoms with van der Waals surface area (Å²) in [5.74, 6) is 0.278. The Morgan fingerprint density at radius 3 is 2.80 bits per heavy atom. The van der Waals surface area contributed by atoms with Gasteiger partial charge in [-0.05, 0) is 36.6 Å². The SMILES string of the molecule is CSCC[C@@H](N)C(=O)Nc1ccc(OC(F)F)c(Cl)c1. The van der Waals surface area contributed by atoms with Crippen LogP contribution in [-0.2, 0) is 4.79 Å². The molecule has 8 heteroatoms. The number of rotatable bonds is 7. The molecular formula is C12H15ClF2N2O2S. The Morgan fingerprint density at radius 1 is 1.55 bits per heavy atom. The first-order chi connectivity index (χ1) is 9.43. The molecule has 4 nitrogen and oxygen atoms in total. The van der Waals surface area contributed by atoms with E-state index in [4.69, 9.17) is 17.3 Å². The van der Waals surface area contributed by atoms with Crippen LogP contribution in [0.3, 0.4) is 0 Å². The van der Waals surface area contributed by atoms with Crippen molar-refractivity contribution in [1.29, 1.82) is 0 Å². The summed E-state index contributed by atoms with van der Waals surface area (Å²) in [6.07, 6.45) is 2.47. The topological polar surface area (TPSA) is 64.4 Å². The predicted octanol–water partition coefficient (Wildman–Crippen LogP) is 2.96. The van der Waals surface area contributed by atoms with Gasteiger partial charge in [-0.1, -0.05) is 11.6 Å². The molecule has 0 bridgehead atoms. The highest BCUT2D eigenvalue weighted by atomic mass is 35.5. The molecule has 1 amide bonds. The minimum absolute atomic E-state index is 0.0132. The van der Waals surface area contributed by atoms with Gasteiger partial charge in [-0.3, -0.25) is 4.79 Å². The molecule has 0 aromatic heterocycles. The number of hydrogen-bond acceptors (Lipinski definition) is 4. The lowest BCUT2D eigenvalue weighted by atomic mass is 10.2. The molecule has 1 aromatic rings. The van der Waals surface area contributed by atoms with Gasteiger partial charge in [-0.25, -0.2) is 0 Å². The molecule has 1 aromatic carbocycles.